The second-order valence-corrected chi connectivity index (χ2v) is 4.37. The van der Waals surface area contributed by atoms with Gasteiger partial charge in [0, 0.05) is 17.8 Å². The van der Waals surface area contributed by atoms with Gasteiger partial charge in [-0.1, -0.05) is 19.9 Å². The van der Waals surface area contributed by atoms with Crippen LogP contribution in [-0.2, 0) is 0 Å². The first kappa shape index (κ1) is 10.7. The van der Waals surface area contributed by atoms with Crippen LogP contribution in [0.1, 0.15) is 31.9 Å². The zero-order valence-electron chi connectivity index (χ0n) is 8.00. The zero-order valence-corrected chi connectivity index (χ0v) is 9.58. The number of hydrogen-bond donors (Lipinski definition) is 1. The fourth-order valence-corrected chi connectivity index (χ4v) is 1.85. The minimum atomic E-state index is 0.0862. The molecule has 0 aliphatic rings. The SMILES string of the molecule is CC(C)C[C@@H](N)c1cccnc1Br. The molecule has 13 heavy (non-hydrogen) atoms. The lowest BCUT2D eigenvalue weighted by Crippen LogP contribution is -2.13. The van der Waals surface area contributed by atoms with Crippen LogP contribution in [0, 0.1) is 5.92 Å². The summed E-state index contributed by atoms with van der Waals surface area (Å²) < 4.78 is 0.864. The van der Waals surface area contributed by atoms with Crippen molar-refractivity contribution < 1.29 is 0 Å². The van der Waals surface area contributed by atoms with Gasteiger partial charge in [0.1, 0.15) is 4.60 Å². The molecule has 0 saturated heterocycles. The van der Waals surface area contributed by atoms with Crippen LogP contribution in [0.2, 0.25) is 0 Å². The van der Waals surface area contributed by atoms with E-state index in [0.29, 0.717) is 5.92 Å². The number of aromatic nitrogens is 1. The van der Waals surface area contributed by atoms with E-state index in [1.807, 2.05) is 12.1 Å². The lowest BCUT2D eigenvalue weighted by atomic mass is 9.99. The Hall–Kier alpha value is -0.410. The van der Waals surface area contributed by atoms with Crippen molar-refractivity contribution in [1.82, 2.24) is 4.98 Å². The van der Waals surface area contributed by atoms with Gasteiger partial charge in [0.2, 0.25) is 0 Å². The Morgan fingerprint density at radius 2 is 2.23 bits per heavy atom. The third-order valence-corrected chi connectivity index (χ3v) is 2.58. The molecule has 2 N–H and O–H groups in total. The van der Waals surface area contributed by atoms with Crippen molar-refractivity contribution in [3.8, 4) is 0 Å². The number of nitrogens with zero attached hydrogens (tertiary/aromatic N) is 1. The van der Waals surface area contributed by atoms with Gasteiger partial charge in [0.15, 0.2) is 0 Å². The highest BCUT2D eigenvalue weighted by molar-refractivity contribution is 9.10. The van der Waals surface area contributed by atoms with Crippen molar-refractivity contribution in [1.29, 1.82) is 0 Å². The van der Waals surface area contributed by atoms with Crippen molar-refractivity contribution in [3.05, 3.63) is 28.5 Å². The van der Waals surface area contributed by atoms with E-state index in [1.54, 1.807) is 6.20 Å². The molecule has 1 rings (SSSR count). The van der Waals surface area contributed by atoms with Gasteiger partial charge in [-0.15, -0.1) is 0 Å². The summed E-state index contributed by atoms with van der Waals surface area (Å²) in [7, 11) is 0. The fourth-order valence-electron chi connectivity index (χ4n) is 1.31. The zero-order chi connectivity index (χ0) is 9.84. The molecule has 0 aromatic carbocycles. The highest BCUT2D eigenvalue weighted by atomic mass is 79.9. The third-order valence-electron chi connectivity index (χ3n) is 1.91. The normalized spacial score (nSPS) is 13.3. The first-order valence-corrected chi connectivity index (χ1v) is 5.26. The summed E-state index contributed by atoms with van der Waals surface area (Å²) in [5.74, 6) is 0.613. The monoisotopic (exact) mass is 242 g/mol. The van der Waals surface area contributed by atoms with E-state index in [0.717, 1.165) is 16.6 Å². The topological polar surface area (TPSA) is 38.9 Å². The molecule has 0 radical (unpaired) electrons. The van der Waals surface area contributed by atoms with E-state index in [9.17, 15) is 0 Å². The van der Waals surface area contributed by atoms with E-state index >= 15 is 0 Å². The van der Waals surface area contributed by atoms with Gasteiger partial charge in [0.05, 0.1) is 0 Å². The molecule has 0 fully saturated rings. The van der Waals surface area contributed by atoms with Gasteiger partial charge in [0.25, 0.3) is 0 Å². The third kappa shape index (κ3) is 3.08. The predicted molar refractivity (Wildman–Crippen MR) is 58.3 cm³/mol. The molecular formula is C10H15BrN2. The molecule has 0 spiro atoms. The standard InChI is InChI=1S/C10H15BrN2/c1-7(2)6-9(12)8-4-3-5-13-10(8)11/h3-5,7,9H,6,12H2,1-2H3/t9-/m1/s1. The summed E-state index contributed by atoms with van der Waals surface area (Å²) in [5.41, 5.74) is 7.12. The smallest absolute Gasteiger partial charge is 0.110 e. The fraction of sp³-hybridized carbons (Fsp3) is 0.500. The molecule has 1 aromatic heterocycles. The predicted octanol–water partition coefficient (Wildman–Crippen LogP) is 2.89. The largest absolute Gasteiger partial charge is 0.324 e. The van der Waals surface area contributed by atoms with E-state index in [4.69, 9.17) is 5.73 Å². The van der Waals surface area contributed by atoms with Crippen molar-refractivity contribution >= 4 is 15.9 Å². The highest BCUT2D eigenvalue weighted by Crippen LogP contribution is 2.23. The van der Waals surface area contributed by atoms with Crippen LogP contribution in [0.4, 0.5) is 0 Å². The van der Waals surface area contributed by atoms with Crippen molar-refractivity contribution in [2.75, 3.05) is 0 Å². The molecule has 0 bridgehead atoms. The Balaban J connectivity index is 2.76. The summed E-state index contributed by atoms with van der Waals surface area (Å²) >= 11 is 3.40. The maximum Gasteiger partial charge on any atom is 0.110 e. The number of hydrogen-bond acceptors (Lipinski definition) is 2. The molecular weight excluding hydrogens is 228 g/mol. The summed E-state index contributed by atoms with van der Waals surface area (Å²) in [6.07, 6.45) is 2.75. The van der Waals surface area contributed by atoms with E-state index in [-0.39, 0.29) is 6.04 Å². The summed E-state index contributed by atoms with van der Waals surface area (Å²) in [5, 5.41) is 0. The van der Waals surface area contributed by atoms with Crippen LogP contribution in [-0.4, -0.2) is 4.98 Å². The average Bonchev–Trinajstić information content (AvgIpc) is 2.03. The molecule has 0 aliphatic carbocycles. The second kappa shape index (κ2) is 4.72. The van der Waals surface area contributed by atoms with Crippen molar-refractivity contribution in [2.24, 2.45) is 11.7 Å². The van der Waals surface area contributed by atoms with Crippen molar-refractivity contribution in [2.45, 2.75) is 26.3 Å². The minimum absolute atomic E-state index is 0.0862. The van der Waals surface area contributed by atoms with Crippen LogP contribution in [0.5, 0.6) is 0 Å². The van der Waals surface area contributed by atoms with Gasteiger partial charge < -0.3 is 5.73 Å². The second-order valence-electron chi connectivity index (χ2n) is 3.62. The molecule has 1 heterocycles. The van der Waals surface area contributed by atoms with Crippen LogP contribution in [0.25, 0.3) is 0 Å². The number of nitrogens with two attached hydrogens (primary N) is 1. The maximum absolute atomic E-state index is 6.03. The van der Waals surface area contributed by atoms with Crippen LogP contribution in [0.15, 0.2) is 22.9 Å². The van der Waals surface area contributed by atoms with Gasteiger partial charge in [-0.3, -0.25) is 0 Å². The Kier molecular flexibility index (Phi) is 3.88. The maximum atomic E-state index is 6.03. The first-order chi connectivity index (χ1) is 6.11. The molecule has 72 valence electrons. The Bertz CT molecular complexity index is 273. The average molecular weight is 243 g/mol. The lowest BCUT2D eigenvalue weighted by Gasteiger charge is -2.14. The van der Waals surface area contributed by atoms with Gasteiger partial charge >= 0.3 is 0 Å². The van der Waals surface area contributed by atoms with Crippen molar-refractivity contribution in [3.63, 3.8) is 0 Å². The molecule has 0 unspecified atom stereocenters. The summed E-state index contributed by atoms with van der Waals surface area (Å²) in [6, 6.07) is 4.02. The molecule has 1 aromatic rings. The lowest BCUT2D eigenvalue weighted by molar-refractivity contribution is 0.508. The number of rotatable bonds is 3. The van der Waals surface area contributed by atoms with Crippen LogP contribution >= 0.6 is 15.9 Å². The van der Waals surface area contributed by atoms with Gasteiger partial charge in [-0.25, -0.2) is 4.98 Å². The van der Waals surface area contributed by atoms with Crippen LogP contribution < -0.4 is 5.73 Å². The first-order valence-electron chi connectivity index (χ1n) is 4.47. The van der Waals surface area contributed by atoms with E-state index in [1.165, 1.54) is 0 Å². The van der Waals surface area contributed by atoms with E-state index < -0.39 is 0 Å². The molecule has 0 saturated carbocycles. The molecule has 3 heteroatoms. The molecule has 0 aliphatic heterocycles. The molecule has 1 atom stereocenters. The summed E-state index contributed by atoms with van der Waals surface area (Å²) in [4.78, 5) is 4.14. The quantitative estimate of drug-likeness (QED) is 0.829. The van der Waals surface area contributed by atoms with Gasteiger partial charge in [-0.2, -0.15) is 0 Å². The Morgan fingerprint density at radius 1 is 1.54 bits per heavy atom. The van der Waals surface area contributed by atoms with Gasteiger partial charge in [-0.05, 0) is 34.3 Å². The number of pyridine rings is 1. The highest BCUT2D eigenvalue weighted by Gasteiger charge is 2.11. The minimum Gasteiger partial charge on any atom is -0.324 e. The number of halogens is 1. The molecule has 2 nitrogen and oxygen atoms in total. The summed E-state index contributed by atoms with van der Waals surface area (Å²) in [6.45, 7) is 4.34. The Morgan fingerprint density at radius 3 is 2.77 bits per heavy atom. The van der Waals surface area contributed by atoms with E-state index in [2.05, 4.69) is 34.8 Å². The van der Waals surface area contributed by atoms with Crippen LogP contribution in [0.3, 0.4) is 0 Å². The molecule has 0 amide bonds. The Labute approximate surface area is 87.7 Å².